The van der Waals surface area contributed by atoms with Crippen LogP contribution in [0.3, 0.4) is 0 Å². The standard InChI is InChI=1S/C26H29N3O2/c1-4-18-5-8-21(9-6-18)29(3)22-10-11-23-20(15-22)17-28(2)25(23)12-7-19-16-27-14-13-24(19)26(30)31/h5-6,8-11,13-16,25H,4,7,12,17H2,1-3H3,(H,30,31)/t25-/m0/s1. The highest BCUT2D eigenvalue weighted by Gasteiger charge is 2.28. The van der Waals surface area contributed by atoms with Crippen molar-refractivity contribution in [3.8, 4) is 0 Å². The average molecular weight is 416 g/mol. The van der Waals surface area contributed by atoms with Gasteiger partial charge in [-0.15, -0.1) is 0 Å². The first-order valence-corrected chi connectivity index (χ1v) is 10.8. The molecule has 1 aliphatic rings. The lowest BCUT2D eigenvalue weighted by Crippen LogP contribution is -2.17. The van der Waals surface area contributed by atoms with E-state index in [1.165, 1.54) is 34.3 Å². The summed E-state index contributed by atoms with van der Waals surface area (Å²) in [7, 11) is 4.24. The Morgan fingerprint density at radius 3 is 2.61 bits per heavy atom. The Balaban J connectivity index is 1.52. The third kappa shape index (κ3) is 4.32. The van der Waals surface area contributed by atoms with Crippen LogP contribution in [0.5, 0.6) is 0 Å². The topological polar surface area (TPSA) is 56.7 Å². The molecule has 1 aliphatic heterocycles. The maximum Gasteiger partial charge on any atom is 0.336 e. The summed E-state index contributed by atoms with van der Waals surface area (Å²) in [6.07, 6.45) is 5.82. The second kappa shape index (κ2) is 8.90. The molecular formula is C26H29N3O2. The fourth-order valence-electron chi connectivity index (χ4n) is 4.49. The minimum Gasteiger partial charge on any atom is -0.478 e. The van der Waals surface area contributed by atoms with Gasteiger partial charge in [0.25, 0.3) is 0 Å². The highest BCUT2D eigenvalue weighted by molar-refractivity contribution is 5.89. The van der Waals surface area contributed by atoms with Crippen molar-refractivity contribution in [2.45, 2.75) is 38.8 Å². The van der Waals surface area contributed by atoms with E-state index in [1.807, 2.05) is 0 Å². The van der Waals surface area contributed by atoms with Gasteiger partial charge in [0.05, 0.1) is 5.56 Å². The van der Waals surface area contributed by atoms with E-state index in [2.05, 4.69) is 78.3 Å². The first-order valence-electron chi connectivity index (χ1n) is 10.8. The molecular weight excluding hydrogens is 386 g/mol. The van der Waals surface area contributed by atoms with Crippen LogP contribution in [0.1, 0.15) is 52.0 Å². The Morgan fingerprint density at radius 1 is 1.16 bits per heavy atom. The number of aromatic nitrogens is 1. The summed E-state index contributed by atoms with van der Waals surface area (Å²) in [5.41, 5.74) is 7.52. The lowest BCUT2D eigenvalue weighted by atomic mass is 9.96. The van der Waals surface area contributed by atoms with Gasteiger partial charge in [-0.25, -0.2) is 4.79 Å². The summed E-state index contributed by atoms with van der Waals surface area (Å²) in [4.78, 5) is 20.2. The van der Waals surface area contributed by atoms with Crippen molar-refractivity contribution < 1.29 is 9.90 Å². The number of pyridine rings is 1. The fourth-order valence-corrected chi connectivity index (χ4v) is 4.49. The summed E-state index contributed by atoms with van der Waals surface area (Å²) in [5, 5.41) is 9.43. The molecule has 1 aromatic heterocycles. The number of hydrogen-bond donors (Lipinski definition) is 1. The van der Waals surface area contributed by atoms with E-state index in [0.717, 1.165) is 24.9 Å². The number of rotatable bonds is 7. The lowest BCUT2D eigenvalue weighted by molar-refractivity contribution is 0.0695. The molecule has 2 heterocycles. The Morgan fingerprint density at radius 2 is 1.90 bits per heavy atom. The molecule has 0 radical (unpaired) electrons. The van der Waals surface area contributed by atoms with Crippen LogP contribution in [0.15, 0.2) is 60.9 Å². The number of carboxylic acid groups (broad SMARTS) is 1. The summed E-state index contributed by atoms with van der Waals surface area (Å²) in [6, 6.07) is 17.3. The molecule has 0 spiro atoms. The van der Waals surface area contributed by atoms with Crippen molar-refractivity contribution >= 4 is 17.3 Å². The predicted octanol–water partition coefficient (Wildman–Crippen LogP) is 5.23. The Kier molecular flexibility index (Phi) is 6.05. The zero-order chi connectivity index (χ0) is 22.0. The van der Waals surface area contributed by atoms with E-state index in [-0.39, 0.29) is 6.04 Å². The molecule has 2 aromatic carbocycles. The minimum atomic E-state index is -0.891. The molecule has 4 rings (SSSR count). The van der Waals surface area contributed by atoms with Crippen molar-refractivity contribution in [2.75, 3.05) is 19.0 Å². The molecule has 0 saturated heterocycles. The normalized spacial score (nSPS) is 15.6. The molecule has 1 atom stereocenters. The summed E-state index contributed by atoms with van der Waals surface area (Å²) < 4.78 is 0. The van der Waals surface area contributed by atoms with E-state index >= 15 is 0 Å². The van der Waals surface area contributed by atoms with Gasteiger partial charge in [0, 0.05) is 43.4 Å². The fraction of sp³-hybridized carbons (Fsp3) is 0.308. The third-order valence-corrected chi connectivity index (χ3v) is 6.38. The van der Waals surface area contributed by atoms with Crippen molar-refractivity contribution in [2.24, 2.45) is 0 Å². The lowest BCUT2D eigenvalue weighted by Gasteiger charge is -2.22. The predicted molar refractivity (Wildman–Crippen MR) is 124 cm³/mol. The van der Waals surface area contributed by atoms with Crippen LogP contribution in [0.2, 0.25) is 0 Å². The second-order valence-corrected chi connectivity index (χ2v) is 8.27. The molecule has 5 nitrogen and oxygen atoms in total. The number of hydrogen-bond acceptors (Lipinski definition) is 4. The minimum absolute atomic E-state index is 0.278. The van der Waals surface area contributed by atoms with Crippen LogP contribution in [-0.4, -0.2) is 35.1 Å². The second-order valence-electron chi connectivity index (χ2n) is 8.27. The highest BCUT2D eigenvalue weighted by Crippen LogP contribution is 2.38. The zero-order valence-corrected chi connectivity index (χ0v) is 18.4. The number of fused-ring (bicyclic) bond motifs is 1. The number of anilines is 2. The Labute approximate surface area is 184 Å². The van der Waals surface area contributed by atoms with Gasteiger partial charge >= 0.3 is 5.97 Å². The Bertz CT molecular complexity index is 1080. The Hall–Kier alpha value is -3.18. The molecule has 3 aromatic rings. The average Bonchev–Trinajstić information content (AvgIpc) is 3.11. The number of aromatic carboxylic acids is 1. The monoisotopic (exact) mass is 415 g/mol. The molecule has 5 heteroatoms. The van der Waals surface area contributed by atoms with Crippen LogP contribution in [-0.2, 0) is 19.4 Å². The largest absolute Gasteiger partial charge is 0.478 e. The van der Waals surface area contributed by atoms with Crippen LogP contribution >= 0.6 is 0 Å². The van der Waals surface area contributed by atoms with Gasteiger partial charge in [-0.1, -0.05) is 25.1 Å². The molecule has 0 aliphatic carbocycles. The molecule has 0 fully saturated rings. The maximum absolute atomic E-state index is 11.5. The van der Waals surface area contributed by atoms with Gasteiger partial charge < -0.3 is 10.0 Å². The van der Waals surface area contributed by atoms with Crippen molar-refractivity contribution in [1.82, 2.24) is 9.88 Å². The van der Waals surface area contributed by atoms with Crippen LogP contribution in [0, 0.1) is 0 Å². The van der Waals surface area contributed by atoms with Gasteiger partial charge in [-0.2, -0.15) is 0 Å². The SMILES string of the molecule is CCc1ccc(N(C)c2ccc3c(c2)CN(C)[C@H]3CCc2cnccc2C(=O)O)cc1. The molecule has 0 unspecified atom stereocenters. The number of carboxylic acids is 1. The first-order chi connectivity index (χ1) is 15.0. The van der Waals surface area contributed by atoms with E-state index in [1.54, 1.807) is 12.3 Å². The smallest absolute Gasteiger partial charge is 0.336 e. The quantitative estimate of drug-likeness (QED) is 0.573. The van der Waals surface area contributed by atoms with Crippen molar-refractivity contribution in [3.05, 3.63) is 88.7 Å². The van der Waals surface area contributed by atoms with Crippen molar-refractivity contribution in [1.29, 1.82) is 0 Å². The zero-order valence-electron chi connectivity index (χ0n) is 18.4. The molecule has 0 saturated carbocycles. The van der Waals surface area contributed by atoms with Gasteiger partial charge in [-0.3, -0.25) is 9.88 Å². The van der Waals surface area contributed by atoms with E-state index in [9.17, 15) is 9.90 Å². The van der Waals surface area contributed by atoms with Gasteiger partial charge in [0.1, 0.15) is 0 Å². The van der Waals surface area contributed by atoms with Gasteiger partial charge in [0.2, 0.25) is 0 Å². The van der Waals surface area contributed by atoms with Crippen LogP contribution < -0.4 is 4.90 Å². The third-order valence-electron chi connectivity index (χ3n) is 6.38. The molecule has 31 heavy (non-hydrogen) atoms. The van der Waals surface area contributed by atoms with Gasteiger partial charge in [-0.05, 0) is 78.9 Å². The van der Waals surface area contributed by atoms with Crippen LogP contribution in [0.4, 0.5) is 11.4 Å². The van der Waals surface area contributed by atoms with Gasteiger partial charge in [0.15, 0.2) is 0 Å². The van der Waals surface area contributed by atoms with E-state index in [0.29, 0.717) is 12.0 Å². The number of aryl methyl sites for hydroxylation is 2. The molecule has 0 amide bonds. The van der Waals surface area contributed by atoms with E-state index in [4.69, 9.17) is 0 Å². The molecule has 1 N–H and O–H groups in total. The van der Waals surface area contributed by atoms with E-state index < -0.39 is 5.97 Å². The first kappa shape index (κ1) is 21.1. The highest BCUT2D eigenvalue weighted by atomic mass is 16.4. The van der Waals surface area contributed by atoms with Crippen molar-refractivity contribution in [3.63, 3.8) is 0 Å². The summed E-state index contributed by atoms with van der Waals surface area (Å²) in [5.74, 6) is -0.891. The summed E-state index contributed by atoms with van der Waals surface area (Å²) >= 11 is 0. The molecule has 160 valence electrons. The summed E-state index contributed by atoms with van der Waals surface area (Å²) in [6.45, 7) is 3.07. The number of carbonyl (C=O) groups is 1. The number of nitrogens with zero attached hydrogens (tertiary/aromatic N) is 3. The van der Waals surface area contributed by atoms with Crippen LogP contribution in [0.25, 0.3) is 0 Å². The maximum atomic E-state index is 11.5. The molecule has 0 bridgehead atoms. The number of benzene rings is 2.